The Hall–Kier alpha value is -0.0400. The second-order valence-corrected chi connectivity index (χ2v) is 7.14. The number of hydrogen-bond acceptors (Lipinski definition) is 1. The second-order valence-electron chi connectivity index (χ2n) is 7.14. The monoisotopic (exact) mass is 196 g/mol. The van der Waals surface area contributed by atoms with Crippen molar-refractivity contribution in [2.45, 2.75) is 59.5 Å². The Morgan fingerprint density at radius 2 is 1.79 bits per heavy atom. The van der Waals surface area contributed by atoms with Gasteiger partial charge in [0.05, 0.1) is 12.2 Å². The van der Waals surface area contributed by atoms with Crippen LogP contribution in [0.3, 0.4) is 0 Å². The molecule has 1 heteroatoms. The second kappa shape index (κ2) is 2.75. The maximum Gasteiger partial charge on any atom is 0.0721 e. The van der Waals surface area contributed by atoms with Crippen molar-refractivity contribution in [2.24, 2.45) is 16.7 Å². The summed E-state index contributed by atoms with van der Waals surface area (Å²) in [5, 5.41) is 0. The van der Waals surface area contributed by atoms with Crippen LogP contribution in [0.25, 0.3) is 0 Å². The van der Waals surface area contributed by atoms with E-state index in [2.05, 4.69) is 34.6 Å². The van der Waals surface area contributed by atoms with Crippen LogP contribution in [0.15, 0.2) is 0 Å². The quantitative estimate of drug-likeness (QED) is 0.575. The van der Waals surface area contributed by atoms with Gasteiger partial charge in [0.15, 0.2) is 0 Å². The van der Waals surface area contributed by atoms with Crippen molar-refractivity contribution in [3.8, 4) is 0 Å². The van der Waals surface area contributed by atoms with Crippen LogP contribution in [0.4, 0.5) is 0 Å². The van der Waals surface area contributed by atoms with E-state index in [1.807, 2.05) is 0 Å². The highest BCUT2D eigenvalue weighted by atomic mass is 16.5. The van der Waals surface area contributed by atoms with E-state index >= 15 is 0 Å². The molecule has 1 aliphatic carbocycles. The molecule has 2 fully saturated rings. The molecule has 0 radical (unpaired) electrons. The molecular formula is C13H24O. The molecule has 0 amide bonds. The minimum absolute atomic E-state index is 0.285. The molecule has 1 aliphatic heterocycles. The largest absolute Gasteiger partial charge is 0.374 e. The third-order valence-electron chi connectivity index (χ3n) is 4.05. The highest BCUT2D eigenvalue weighted by Crippen LogP contribution is 2.61. The zero-order chi connectivity index (χ0) is 10.6. The first-order valence-electron chi connectivity index (χ1n) is 5.89. The maximum atomic E-state index is 6.13. The van der Waals surface area contributed by atoms with Gasteiger partial charge in [-0.15, -0.1) is 0 Å². The average molecular weight is 196 g/mol. The Bertz CT molecular complexity index is 224. The molecule has 82 valence electrons. The van der Waals surface area contributed by atoms with E-state index in [1.54, 1.807) is 0 Å². The fourth-order valence-corrected chi connectivity index (χ4v) is 2.85. The third kappa shape index (κ3) is 1.71. The molecule has 0 aromatic carbocycles. The molecule has 1 saturated heterocycles. The number of ether oxygens (including phenoxy) is 1. The molecule has 1 spiro atoms. The average Bonchev–Trinajstić information content (AvgIpc) is 2.72. The smallest absolute Gasteiger partial charge is 0.0721 e. The first kappa shape index (κ1) is 10.5. The molecule has 0 bridgehead atoms. The van der Waals surface area contributed by atoms with Gasteiger partial charge in [-0.1, -0.05) is 34.6 Å². The van der Waals surface area contributed by atoms with Crippen LogP contribution in [-0.4, -0.2) is 12.2 Å². The molecule has 0 aromatic rings. The van der Waals surface area contributed by atoms with E-state index in [0.717, 1.165) is 12.5 Å². The van der Waals surface area contributed by atoms with Crippen molar-refractivity contribution >= 4 is 0 Å². The van der Waals surface area contributed by atoms with Gasteiger partial charge < -0.3 is 4.74 Å². The van der Waals surface area contributed by atoms with Gasteiger partial charge in [0, 0.05) is 0 Å². The van der Waals surface area contributed by atoms with Crippen LogP contribution in [0.1, 0.15) is 53.9 Å². The molecule has 2 unspecified atom stereocenters. The van der Waals surface area contributed by atoms with Crippen molar-refractivity contribution in [3.05, 3.63) is 0 Å². The van der Waals surface area contributed by atoms with Gasteiger partial charge in [-0.25, -0.2) is 0 Å². The molecule has 1 nitrogen and oxygen atoms in total. The zero-order valence-electron chi connectivity index (χ0n) is 10.3. The van der Waals surface area contributed by atoms with Gasteiger partial charge in [-0.05, 0) is 36.0 Å². The van der Waals surface area contributed by atoms with Crippen LogP contribution in [0, 0.1) is 16.7 Å². The van der Waals surface area contributed by atoms with Crippen LogP contribution >= 0.6 is 0 Å². The van der Waals surface area contributed by atoms with Gasteiger partial charge in [-0.3, -0.25) is 0 Å². The van der Waals surface area contributed by atoms with E-state index in [1.165, 1.54) is 19.3 Å². The standard InChI is InChI=1S/C13H24O/c1-11(2,3)10-8-13(10)7-6-12(4,5)9-14-13/h10H,6-9H2,1-5H3. The molecule has 1 heterocycles. The summed E-state index contributed by atoms with van der Waals surface area (Å²) in [6, 6.07) is 0. The molecule has 2 aliphatic rings. The summed E-state index contributed by atoms with van der Waals surface area (Å²) in [7, 11) is 0. The van der Waals surface area contributed by atoms with Gasteiger partial charge in [0.2, 0.25) is 0 Å². The minimum Gasteiger partial charge on any atom is -0.374 e. The van der Waals surface area contributed by atoms with Crippen LogP contribution < -0.4 is 0 Å². The van der Waals surface area contributed by atoms with Crippen molar-refractivity contribution < 1.29 is 4.74 Å². The molecule has 0 N–H and O–H groups in total. The summed E-state index contributed by atoms with van der Waals surface area (Å²) in [4.78, 5) is 0. The predicted octanol–water partition coefficient (Wildman–Crippen LogP) is 3.63. The lowest BCUT2D eigenvalue weighted by Gasteiger charge is -2.37. The fourth-order valence-electron chi connectivity index (χ4n) is 2.85. The van der Waals surface area contributed by atoms with Gasteiger partial charge in [-0.2, -0.15) is 0 Å². The molecule has 14 heavy (non-hydrogen) atoms. The first-order valence-corrected chi connectivity index (χ1v) is 5.89. The Morgan fingerprint density at radius 1 is 1.14 bits per heavy atom. The van der Waals surface area contributed by atoms with Gasteiger partial charge >= 0.3 is 0 Å². The van der Waals surface area contributed by atoms with E-state index < -0.39 is 0 Å². The summed E-state index contributed by atoms with van der Waals surface area (Å²) in [6.45, 7) is 12.6. The zero-order valence-corrected chi connectivity index (χ0v) is 10.3. The van der Waals surface area contributed by atoms with Crippen molar-refractivity contribution in [2.75, 3.05) is 6.61 Å². The van der Waals surface area contributed by atoms with Crippen LogP contribution in [0.5, 0.6) is 0 Å². The maximum absolute atomic E-state index is 6.13. The van der Waals surface area contributed by atoms with Crippen LogP contribution in [0.2, 0.25) is 0 Å². The van der Waals surface area contributed by atoms with Gasteiger partial charge in [0.25, 0.3) is 0 Å². The number of hydrogen-bond donors (Lipinski definition) is 0. The normalized spacial score (nSPS) is 41.4. The van der Waals surface area contributed by atoms with Gasteiger partial charge in [0.1, 0.15) is 0 Å². The summed E-state index contributed by atoms with van der Waals surface area (Å²) < 4.78 is 6.13. The Labute approximate surface area is 88.2 Å². The Kier molecular flexibility index (Phi) is 2.06. The number of rotatable bonds is 0. The molecule has 2 atom stereocenters. The molecular weight excluding hydrogens is 172 g/mol. The highest BCUT2D eigenvalue weighted by Gasteiger charge is 2.61. The molecule has 1 saturated carbocycles. The Morgan fingerprint density at radius 3 is 2.14 bits per heavy atom. The fraction of sp³-hybridized carbons (Fsp3) is 1.00. The molecule has 2 rings (SSSR count). The topological polar surface area (TPSA) is 9.23 Å². The first-order chi connectivity index (χ1) is 6.25. The van der Waals surface area contributed by atoms with E-state index in [4.69, 9.17) is 4.74 Å². The summed E-state index contributed by atoms with van der Waals surface area (Å²) >= 11 is 0. The SMILES string of the molecule is CC1(C)CCC2(CC2C(C)(C)C)OC1. The van der Waals surface area contributed by atoms with Crippen LogP contribution in [-0.2, 0) is 4.74 Å². The van der Waals surface area contributed by atoms with Crippen molar-refractivity contribution in [3.63, 3.8) is 0 Å². The highest BCUT2D eigenvalue weighted by molar-refractivity contribution is 5.11. The predicted molar refractivity (Wildman–Crippen MR) is 59.3 cm³/mol. The van der Waals surface area contributed by atoms with E-state index in [0.29, 0.717) is 10.8 Å². The van der Waals surface area contributed by atoms with Crippen molar-refractivity contribution in [1.82, 2.24) is 0 Å². The Balaban J connectivity index is 1.98. The lowest BCUT2D eigenvalue weighted by molar-refractivity contribution is -0.0813. The third-order valence-corrected chi connectivity index (χ3v) is 4.05. The lowest BCUT2D eigenvalue weighted by Crippen LogP contribution is -2.36. The minimum atomic E-state index is 0.285. The van der Waals surface area contributed by atoms with E-state index in [9.17, 15) is 0 Å². The summed E-state index contributed by atoms with van der Waals surface area (Å²) in [5.74, 6) is 0.797. The lowest BCUT2D eigenvalue weighted by atomic mass is 9.81. The molecule has 0 aromatic heterocycles. The van der Waals surface area contributed by atoms with Crippen molar-refractivity contribution in [1.29, 1.82) is 0 Å². The summed E-state index contributed by atoms with van der Waals surface area (Å²) in [5.41, 5.74) is 1.13. The van der Waals surface area contributed by atoms with E-state index in [-0.39, 0.29) is 5.60 Å². The summed E-state index contributed by atoms with van der Waals surface area (Å²) in [6.07, 6.45) is 3.91.